The van der Waals surface area contributed by atoms with E-state index in [9.17, 15) is 0 Å². The summed E-state index contributed by atoms with van der Waals surface area (Å²) < 4.78 is 0. The van der Waals surface area contributed by atoms with Crippen molar-refractivity contribution >= 4 is 41.8 Å². The number of hydrogen-bond donors (Lipinski definition) is 0. The zero-order chi connectivity index (χ0) is 0. The Morgan fingerprint density at radius 2 is 0.600 bits per heavy atom. The number of rotatable bonds is 0. The molecule has 3 nitrogen and oxygen atoms in total. The Hall–Kier alpha value is 1.23. The molecule has 0 atom stereocenters. The second kappa shape index (κ2) is 61.8. The van der Waals surface area contributed by atoms with Crippen LogP contribution < -0.4 is 0 Å². The van der Waals surface area contributed by atoms with Gasteiger partial charge < -0.3 is 16.4 Å². The van der Waals surface area contributed by atoms with Crippen LogP contribution in [0.2, 0.25) is 0 Å². The molecule has 0 saturated carbocycles. The fraction of sp³-hybridized carbons (Fsp3) is 0. The third-order valence-corrected chi connectivity index (χ3v) is 0. The van der Waals surface area contributed by atoms with Crippen molar-refractivity contribution in [1.82, 2.24) is 0 Å². The Balaban J connectivity index is 0. The molecule has 0 aliphatic rings. The van der Waals surface area contributed by atoms with Gasteiger partial charge in [0.05, 0.1) is 0 Å². The summed E-state index contributed by atoms with van der Waals surface area (Å²) in [6.07, 6.45) is 0. The number of hydrogen-bond acceptors (Lipinski definition) is 3. The minimum Gasteiger partial charge on any atom is -0.870 e. The van der Waals surface area contributed by atoms with E-state index in [1.54, 1.807) is 0 Å². The van der Waals surface area contributed by atoms with Gasteiger partial charge in [0.15, 0.2) is 0 Å². The van der Waals surface area contributed by atoms with Crippen LogP contribution in [0.3, 0.4) is 0 Å². The van der Waals surface area contributed by atoms with E-state index in [4.69, 9.17) is 0 Å². The van der Waals surface area contributed by atoms with Crippen molar-refractivity contribution in [1.29, 1.82) is 0 Å². The molecule has 0 heterocycles. The summed E-state index contributed by atoms with van der Waals surface area (Å²) >= 11 is 0. The van der Waals surface area contributed by atoms with Crippen LogP contribution in [0.5, 0.6) is 0 Å². The average Bonchev–Trinajstić information content (AvgIpc) is 0. The monoisotopic (exact) mass is 199 g/mol. The Kier molecular flexibility index (Phi) is 1390. The van der Waals surface area contributed by atoms with Crippen molar-refractivity contribution < 1.29 is 16.4 Å². The minimum absolute atomic E-state index is 0. The van der Waals surface area contributed by atoms with Gasteiger partial charge in [0.1, 0.15) is 0 Å². The van der Waals surface area contributed by atoms with Gasteiger partial charge in [-0.25, -0.2) is 0 Å². The average molecular weight is 200 g/mol. The molecule has 0 aliphatic carbocycles. The van der Waals surface area contributed by atoms with Gasteiger partial charge in [0, 0.05) is 24.4 Å². The summed E-state index contributed by atoms with van der Waals surface area (Å²) in [5.41, 5.74) is 0. The first kappa shape index (κ1) is 113. The van der Waals surface area contributed by atoms with E-state index in [0.29, 0.717) is 0 Å². The first-order valence-corrected chi connectivity index (χ1v) is 0. The van der Waals surface area contributed by atoms with Crippen LogP contribution in [-0.2, 0) is 0 Å². The third kappa shape index (κ3) is 36.0. The Morgan fingerprint density at radius 1 is 0.600 bits per heavy atom. The van der Waals surface area contributed by atoms with Gasteiger partial charge in [-0.15, -0.1) is 0 Å². The van der Waals surface area contributed by atoms with E-state index in [-0.39, 0.29) is 58.2 Å². The quantitative estimate of drug-likeness (QED) is 0.455. The molecule has 0 aliphatic heterocycles. The second-order valence-electron chi connectivity index (χ2n) is 0. The first-order valence-electron chi connectivity index (χ1n) is 0. The predicted molar refractivity (Wildman–Crippen MR) is 17.3 cm³/mol. The van der Waals surface area contributed by atoms with Crippen LogP contribution >= 0.6 is 0 Å². The molecule has 5 heavy (non-hydrogen) atoms. The molecule has 0 amide bonds. The summed E-state index contributed by atoms with van der Waals surface area (Å²) in [5.74, 6) is 0. The van der Waals surface area contributed by atoms with Gasteiger partial charge in [-0.05, 0) is 0 Å². The van der Waals surface area contributed by atoms with Gasteiger partial charge in [0.2, 0.25) is 0 Å². The topological polar surface area (TPSA) is 90.0 Å². The van der Waals surface area contributed by atoms with Crippen molar-refractivity contribution in [2.45, 2.75) is 0 Å². The molecule has 0 bridgehead atoms. The molecule has 0 aromatic rings. The zero-order valence-electron chi connectivity index (χ0n) is 2.37. The van der Waals surface area contributed by atoms with Crippen LogP contribution in [0.1, 0.15) is 0 Å². The van der Waals surface area contributed by atoms with Gasteiger partial charge in [-0.1, -0.05) is 0 Å². The fourth-order valence-corrected chi connectivity index (χ4v) is 0. The van der Waals surface area contributed by atoms with E-state index in [0.717, 1.165) is 0 Å². The predicted octanol–water partition coefficient (Wildman–Crippen LogP) is -1.29. The van der Waals surface area contributed by atoms with Crippen LogP contribution in [0.15, 0.2) is 0 Å². The van der Waals surface area contributed by atoms with Gasteiger partial charge in [0.25, 0.3) is 0 Å². The van der Waals surface area contributed by atoms with Gasteiger partial charge >= 0.3 is 17.4 Å². The van der Waals surface area contributed by atoms with E-state index >= 15 is 0 Å². The Morgan fingerprint density at radius 3 is 0.600 bits per heavy atom. The fourth-order valence-electron chi connectivity index (χ4n) is 0. The molecule has 5 heteroatoms. The second-order valence-corrected chi connectivity index (χ2v) is 0. The summed E-state index contributed by atoms with van der Waals surface area (Å²) in [6, 6.07) is 0. The summed E-state index contributed by atoms with van der Waals surface area (Å²) in [6.45, 7) is 0. The standard InChI is InChI=1S/Al.3H2O.Sb/h;3*1H2;/q+3;;;;/p-3. The summed E-state index contributed by atoms with van der Waals surface area (Å²) in [5, 5.41) is 0. The largest absolute Gasteiger partial charge is 3.00 e. The van der Waals surface area contributed by atoms with Gasteiger partial charge in [-0.3, -0.25) is 0 Å². The molecule has 3 N–H and O–H groups in total. The molecule has 0 unspecified atom stereocenters. The van der Waals surface area contributed by atoms with E-state index in [1.807, 2.05) is 0 Å². The molecule has 29 valence electrons. The molecule has 0 spiro atoms. The molecule has 0 aromatic heterocycles. The van der Waals surface area contributed by atoms with Crippen LogP contribution in [0, 0.1) is 0 Å². The Bertz CT molecular complexity index is 6.85. The third-order valence-electron chi connectivity index (χ3n) is 0. The molecule has 0 fully saturated rings. The molecule has 0 saturated heterocycles. The van der Waals surface area contributed by atoms with Crippen molar-refractivity contribution in [3.63, 3.8) is 0 Å². The van der Waals surface area contributed by atoms with Crippen molar-refractivity contribution in [2.24, 2.45) is 0 Å². The normalized spacial score (nSPS) is 0. The minimum atomic E-state index is 0. The van der Waals surface area contributed by atoms with E-state index < -0.39 is 0 Å². The van der Waals surface area contributed by atoms with Crippen molar-refractivity contribution in [3.8, 4) is 0 Å². The molecule has 0 rings (SSSR count). The first-order chi connectivity index (χ1) is 0. The van der Waals surface area contributed by atoms with E-state index in [2.05, 4.69) is 0 Å². The maximum Gasteiger partial charge on any atom is 3.00 e. The molecular weight excluding hydrogens is 197 g/mol. The van der Waals surface area contributed by atoms with E-state index in [1.165, 1.54) is 0 Å². The van der Waals surface area contributed by atoms with Gasteiger partial charge in [-0.2, -0.15) is 0 Å². The van der Waals surface area contributed by atoms with Crippen molar-refractivity contribution in [3.05, 3.63) is 0 Å². The summed E-state index contributed by atoms with van der Waals surface area (Å²) in [7, 11) is 0. The van der Waals surface area contributed by atoms with Crippen LogP contribution in [-0.4, -0.2) is 58.2 Å². The summed E-state index contributed by atoms with van der Waals surface area (Å²) in [4.78, 5) is 0. The van der Waals surface area contributed by atoms with Crippen LogP contribution in [0.4, 0.5) is 0 Å². The maximum atomic E-state index is 0. The smallest absolute Gasteiger partial charge is 0.870 e. The zero-order valence-corrected chi connectivity index (χ0v) is 6.07. The molecule has 0 aromatic carbocycles. The SMILES string of the molecule is [Al+3].[OH-].[OH-].[OH-].[Sb]. The molecule has 3 radical (unpaired) electrons. The Labute approximate surface area is 58.3 Å². The van der Waals surface area contributed by atoms with Crippen LogP contribution in [0.25, 0.3) is 0 Å². The maximum absolute atomic E-state index is 0. The molecular formula is H3AlO3Sb. The van der Waals surface area contributed by atoms with Crippen molar-refractivity contribution in [2.75, 3.05) is 0 Å².